The Morgan fingerprint density at radius 2 is 0.732 bits per heavy atom. The van der Waals surface area contributed by atoms with E-state index in [9.17, 15) is 0 Å². The number of hydrogen-bond acceptors (Lipinski definition) is 1. The molecule has 1 nitrogen and oxygen atoms in total. The lowest BCUT2D eigenvalue weighted by Gasteiger charge is -2.36. The Balaban J connectivity index is 1.07. The molecule has 0 saturated heterocycles. The van der Waals surface area contributed by atoms with Gasteiger partial charge in [-0.25, -0.2) is 0 Å². The lowest BCUT2D eigenvalue weighted by Crippen LogP contribution is -2.29. The Hall–Kier alpha value is -7.22. The third kappa shape index (κ3) is 5.82. The van der Waals surface area contributed by atoms with Gasteiger partial charge in [0.2, 0.25) is 0 Å². The van der Waals surface area contributed by atoms with Crippen molar-refractivity contribution in [2.75, 3.05) is 4.90 Å². The standard InChI is InChI=1S/C55H39N/c1-4-14-40(15-5-1)42-26-32-50(33-27-42)56(51-34-28-43(29-35-51)46-25-24-41-16-10-11-17-45(41)38-46)52-36-30-44(31-37-52)54-39-47-18-12-13-23-53(47)55(54,48-19-6-2-7-20-48)49-21-8-3-9-22-49/h1-39H. The molecule has 9 aromatic carbocycles. The molecule has 0 saturated carbocycles. The van der Waals surface area contributed by atoms with Gasteiger partial charge in [0.05, 0.1) is 5.41 Å². The number of rotatable bonds is 8. The molecule has 0 unspecified atom stereocenters. The number of benzene rings is 9. The van der Waals surface area contributed by atoms with Crippen molar-refractivity contribution in [3.8, 4) is 22.3 Å². The molecular formula is C55H39N. The molecule has 0 N–H and O–H groups in total. The lowest BCUT2D eigenvalue weighted by molar-refractivity contribution is 0.814. The summed E-state index contributed by atoms with van der Waals surface area (Å²) < 4.78 is 0. The van der Waals surface area contributed by atoms with Crippen molar-refractivity contribution in [3.05, 3.63) is 258 Å². The van der Waals surface area contributed by atoms with Gasteiger partial charge in [-0.05, 0) is 115 Å². The summed E-state index contributed by atoms with van der Waals surface area (Å²) in [5.74, 6) is 0. The monoisotopic (exact) mass is 713 g/mol. The minimum absolute atomic E-state index is 0.452. The van der Waals surface area contributed by atoms with E-state index in [4.69, 9.17) is 0 Å². The number of fused-ring (bicyclic) bond motifs is 2. The fourth-order valence-electron chi connectivity index (χ4n) is 8.68. The topological polar surface area (TPSA) is 3.24 Å². The quantitative estimate of drug-likeness (QED) is 0.152. The van der Waals surface area contributed by atoms with Crippen molar-refractivity contribution >= 4 is 39.5 Å². The molecule has 0 aromatic heterocycles. The van der Waals surface area contributed by atoms with Gasteiger partial charge in [-0.2, -0.15) is 0 Å². The lowest BCUT2D eigenvalue weighted by atomic mass is 9.65. The Morgan fingerprint density at radius 1 is 0.304 bits per heavy atom. The van der Waals surface area contributed by atoms with Gasteiger partial charge >= 0.3 is 0 Å². The predicted molar refractivity (Wildman–Crippen MR) is 237 cm³/mol. The predicted octanol–water partition coefficient (Wildman–Crippen LogP) is 14.5. The molecule has 1 aliphatic carbocycles. The van der Waals surface area contributed by atoms with Crippen molar-refractivity contribution in [1.29, 1.82) is 0 Å². The molecule has 0 aliphatic heterocycles. The second-order valence-corrected chi connectivity index (χ2v) is 14.5. The van der Waals surface area contributed by atoms with E-state index in [0.29, 0.717) is 0 Å². The molecule has 0 spiro atoms. The van der Waals surface area contributed by atoms with E-state index in [1.54, 1.807) is 0 Å². The molecule has 0 amide bonds. The highest BCUT2D eigenvalue weighted by atomic mass is 15.1. The van der Waals surface area contributed by atoms with Crippen LogP contribution in [0.15, 0.2) is 231 Å². The van der Waals surface area contributed by atoms with Gasteiger partial charge in [-0.3, -0.25) is 0 Å². The number of anilines is 3. The Bertz CT molecular complexity index is 2760. The average Bonchev–Trinajstić information content (AvgIpc) is 3.64. The van der Waals surface area contributed by atoms with E-state index in [1.807, 2.05) is 0 Å². The highest BCUT2D eigenvalue weighted by Gasteiger charge is 2.45. The van der Waals surface area contributed by atoms with E-state index in [-0.39, 0.29) is 0 Å². The molecule has 0 radical (unpaired) electrons. The molecule has 1 aliphatic rings. The summed E-state index contributed by atoms with van der Waals surface area (Å²) >= 11 is 0. The van der Waals surface area contributed by atoms with Gasteiger partial charge < -0.3 is 4.90 Å². The van der Waals surface area contributed by atoms with Gasteiger partial charge in [0, 0.05) is 17.1 Å². The SMILES string of the molecule is C1=C(c2ccc(N(c3ccc(-c4ccccc4)cc3)c3ccc(-c4ccc5ccccc5c4)cc3)cc2)C(c2ccccc2)(c2ccccc2)c2ccccc21. The summed E-state index contributed by atoms with van der Waals surface area (Å²) in [5.41, 5.74) is 15.2. The largest absolute Gasteiger partial charge is 0.311 e. The molecule has 0 fully saturated rings. The van der Waals surface area contributed by atoms with Gasteiger partial charge in [0.15, 0.2) is 0 Å². The van der Waals surface area contributed by atoms with Gasteiger partial charge in [0.1, 0.15) is 0 Å². The van der Waals surface area contributed by atoms with Crippen LogP contribution in [0, 0.1) is 0 Å². The van der Waals surface area contributed by atoms with Crippen LogP contribution in [0.5, 0.6) is 0 Å². The zero-order valence-electron chi connectivity index (χ0n) is 31.0. The Kier molecular flexibility index (Phi) is 8.46. The number of hydrogen-bond donors (Lipinski definition) is 0. The van der Waals surface area contributed by atoms with Crippen LogP contribution in [0.3, 0.4) is 0 Å². The number of allylic oxidation sites excluding steroid dienone is 1. The van der Waals surface area contributed by atoms with Crippen molar-refractivity contribution < 1.29 is 0 Å². The van der Waals surface area contributed by atoms with Crippen molar-refractivity contribution in [2.45, 2.75) is 5.41 Å². The van der Waals surface area contributed by atoms with Crippen molar-refractivity contribution in [3.63, 3.8) is 0 Å². The van der Waals surface area contributed by atoms with E-state index in [0.717, 1.165) is 17.1 Å². The first kappa shape index (κ1) is 33.4. The second-order valence-electron chi connectivity index (χ2n) is 14.5. The highest BCUT2D eigenvalue weighted by molar-refractivity contribution is 6.00. The van der Waals surface area contributed by atoms with E-state index in [2.05, 4.69) is 241 Å². The summed E-state index contributed by atoms with van der Waals surface area (Å²) in [5, 5.41) is 2.50. The molecule has 0 heterocycles. The average molecular weight is 714 g/mol. The van der Waals surface area contributed by atoms with Crippen molar-refractivity contribution in [1.82, 2.24) is 0 Å². The fourth-order valence-corrected chi connectivity index (χ4v) is 8.68. The molecule has 0 atom stereocenters. The van der Waals surface area contributed by atoms with E-state index in [1.165, 1.54) is 66.4 Å². The zero-order valence-corrected chi connectivity index (χ0v) is 31.0. The van der Waals surface area contributed by atoms with Crippen molar-refractivity contribution in [2.24, 2.45) is 0 Å². The van der Waals surface area contributed by atoms with E-state index < -0.39 is 5.41 Å². The van der Waals surface area contributed by atoms with Gasteiger partial charge in [-0.1, -0.05) is 188 Å². The first-order valence-electron chi connectivity index (χ1n) is 19.3. The highest BCUT2D eigenvalue weighted by Crippen LogP contribution is 2.55. The Labute approximate surface area is 329 Å². The second kappa shape index (κ2) is 14.2. The van der Waals surface area contributed by atoms with Crippen LogP contribution in [-0.2, 0) is 5.41 Å². The van der Waals surface area contributed by atoms with Crippen LogP contribution in [0.4, 0.5) is 17.1 Å². The minimum atomic E-state index is -0.452. The van der Waals surface area contributed by atoms with Gasteiger partial charge in [-0.15, -0.1) is 0 Å². The number of nitrogens with zero attached hydrogens (tertiary/aromatic N) is 1. The van der Waals surface area contributed by atoms with Crippen LogP contribution < -0.4 is 4.90 Å². The van der Waals surface area contributed by atoms with Crippen LogP contribution in [0.2, 0.25) is 0 Å². The maximum Gasteiger partial charge on any atom is 0.0713 e. The fraction of sp³-hybridized carbons (Fsp3) is 0.0182. The maximum atomic E-state index is 2.40. The van der Waals surface area contributed by atoms with Crippen LogP contribution in [0.25, 0.3) is 44.7 Å². The molecule has 1 heteroatoms. The Morgan fingerprint density at radius 3 is 1.32 bits per heavy atom. The summed E-state index contributed by atoms with van der Waals surface area (Å²) in [6.07, 6.45) is 2.40. The molecule has 264 valence electrons. The first-order chi connectivity index (χ1) is 27.8. The molecule has 0 bridgehead atoms. The van der Waals surface area contributed by atoms with Gasteiger partial charge in [0.25, 0.3) is 0 Å². The summed E-state index contributed by atoms with van der Waals surface area (Å²) in [6, 6.07) is 83.8. The maximum absolute atomic E-state index is 2.40. The van der Waals surface area contributed by atoms with Crippen LogP contribution in [-0.4, -0.2) is 0 Å². The zero-order chi connectivity index (χ0) is 37.3. The molecule has 9 aromatic rings. The van der Waals surface area contributed by atoms with Crippen LogP contribution in [0.1, 0.15) is 27.8 Å². The minimum Gasteiger partial charge on any atom is -0.311 e. The summed E-state index contributed by atoms with van der Waals surface area (Å²) in [6.45, 7) is 0. The normalized spacial score (nSPS) is 12.9. The van der Waals surface area contributed by atoms with Crippen LogP contribution >= 0.6 is 0 Å². The van der Waals surface area contributed by atoms with E-state index >= 15 is 0 Å². The summed E-state index contributed by atoms with van der Waals surface area (Å²) in [4.78, 5) is 2.36. The molecule has 56 heavy (non-hydrogen) atoms. The third-order valence-corrected chi connectivity index (χ3v) is 11.4. The summed E-state index contributed by atoms with van der Waals surface area (Å²) in [7, 11) is 0. The smallest absolute Gasteiger partial charge is 0.0713 e. The molecule has 10 rings (SSSR count). The third-order valence-electron chi connectivity index (χ3n) is 11.4. The first-order valence-corrected chi connectivity index (χ1v) is 19.3. The molecular weight excluding hydrogens is 675 g/mol.